The molecule has 0 aliphatic carbocycles. The van der Waals surface area contributed by atoms with Gasteiger partial charge in [0.25, 0.3) is 0 Å². The van der Waals surface area contributed by atoms with Gasteiger partial charge in [-0.3, -0.25) is 15.3 Å². The van der Waals surface area contributed by atoms with Crippen LogP contribution in [0, 0.1) is 5.41 Å². The third-order valence-corrected chi connectivity index (χ3v) is 2.74. The summed E-state index contributed by atoms with van der Waals surface area (Å²) in [5, 5.41) is 11.1. The largest absolute Gasteiger partial charge is 0.370 e. The lowest BCUT2D eigenvalue weighted by Crippen LogP contribution is -2.47. The molecule has 0 bridgehead atoms. The molecule has 18 heavy (non-hydrogen) atoms. The second kappa shape index (κ2) is 7.60. The maximum absolute atomic E-state index is 7.54. The molecule has 0 unspecified atom stereocenters. The molecule has 1 heterocycles. The maximum Gasteiger partial charge on any atom is 0.194 e. The quantitative estimate of drug-likeness (QED) is 0.422. The molecule has 98 valence electrons. The molecule has 0 aromatic carbocycles. The van der Waals surface area contributed by atoms with Gasteiger partial charge in [0.2, 0.25) is 0 Å². The minimum Gasteiger partial charge on any atom is -0.370 e. The van der Waals surface area contributed by atoms with Crippen LogP contribution in [0.25, 0.3) is 0 Å². The van der Waals surface area contributed by atoms with Gasteiger partial charge in [-0.25, -0.2) is 0 Å². The molecular weight excluding hydrogens is 246 g/mol. The Balaban J connectivity index is 2.53. The summed E-state index contributed by atoms with van der Waals surface area (Å²) in [6.45, 7) is 3.40. The third-order valence-electron chi connectivity index (χ3n) is 2.38. The normalized spacial score (nSPS) is 9.83. The van der Waals surface area contributed by atoms with Gasteiger partial charge in [0.05, 0.1) is 0 Å². The predicted octanol–water partition coefficient (Wildman–Crippen LogP) is 1.10. The van der Waals surface area contributed by atoms with E-state index in [1.165, 1.54) is 0 Å². The predicted molar refractivity (Wildman–Crippen MR) is 77.5 cm³/mol. The van der Waals surface area contributed by atoms with E-state index in [1.54, 1.807) is 11.1 Å². The topological polar surface area (TPSA) is 78.0 Å². The van der Waals surface area contributed by atoms with Crippen molar-refractivity contribution in [1.82, 2.24) is 15.2 Å². The molecule has 0 aliphatic rings. The highest BCUT2D eigenvalue weighted by Gasteiger charge is 2.12. The molecule has 0 fully saturated rings. The SMILES string of the molecule is CCCNC(=S)N(CCc1ccccn1)C(=N)N. The second-order valence-electron chi connectivity index (χ2n) is 3.84. The van der Waals surface area contributed by atoms with Crippen LogP contribution < -0.4 is 11.1 Å². The Morgan fingerprint density at radius 3 is 2.89 bits per heavy atom. The van der Waals surface area contributed by atoms with Gasteiger partial charge in [0.15, 0.2) is 11.1 Å². The average Bonchev–Trinajstić information content (AvgIpc) is 2.37. The first kappa shape index (κ1) is 14.4. The first-order valence-corrected chi connectivity index (χ1v) is 6.35. The molecule has 0 radical (unpaired) electrons. The second-order valence-corrected chi connectivity index (χ2v) is 4.23. The van der Waals surface area contributed by atoms with Crippen LogP contribution in [0.5, 0.6) is 0 Å². The summed E-state index contributed by atoms with van der Waals surface area (Å²) in [7, 11) is 0. The zero-order chi connectivity index (χ0) is 13.4. The van der Waals surface area contributed by atoms with E-state index in [0.29, 0.717) is 18.1 Å². The smallest absolute Gasteiger partial charge is 0.194 e. The fourth-order valence-corrected chi connectivity index (χ4v) is 1.72. The number of guanidine groups is 1. The maximum atomic E-state index is 7.54. The van der Waals surface area contributed by atoms with E-state index in [0.717, 1.165) is 18.7 Å². The monoisotopic (exact) mass is 265 g/mol. The van der Waals surface area contributed by atoms with Gasteiger partial charge in [-0.2, -0.15) is 0 Å². The zero-order valence-corrected chi connectivity index (χ0v) is 11.3. The van der Waals surface area contributed by atoms with Crippen LogP contribution in [0.2, 0.25) is 0 Å². The molecule has 0 aliphatic heterocycles. The van der Waals surface area contributed by atoms with Crippen molar-refractivity contribution >= 4 is 23.3 Å². The van der Waals surface area contributed by atoms with Crippen molar-refractivity contribution in [2.75, 3.05) is 13.1 Å². The highest BCUT2D eigenvalue weighted by Crippen LogP contribution is 1.98. The van der Waals surface area contributed by atoms with Crippen molar-refractivity contribution in [2.45, 2.75) is 19.8 Å². The van der Waals surface area contributed by atoms with E-state index < -0.39 is 0 Å². The summed E-state index contributed by atoms with van der Waals surface area (Å²) in [6.07, 6.45) is 3.43. The fourth-order valence-electron chi connectivity index (χ4n) is 1.43. The number of nitrogens with zero attached hydrogens (tertiary/aromatic N) is 2. The summed E-state index contributed by atoms with van der Waals surface area (Å²) >= 11 is 5.21. The van der Waals surface area contributed by atoms with Crippen LogP contribution in [0.4, 0.5) is 0 Å². The van der Waals surface area contributed by atoms with E-state index in [4.69, 9.17) is 23.4 Å². The van der Waals surface area contributed by atoms with Crippen molar-refractivity contribution in [3.63, 3.8) is 0 Å². The van der Waals surface area contributed by atoms with Gasteiger partial charge < -0.3 is 11.1 Å². The molecule has 4 N–H and O–H groups in total. The highest BCUT2D eigenvalue weighted by atomic mass is 32.1. The highest BCUT2D eigenvalue weighted by molar-refractivity contribution is 7.80. The van der Waals surface area contributed by atoms with Gasteiger partial charge in [0.1, 0.15) is 0 Å². The van der Waals surface area contributed by atoms with Crippen molar-refractivity contribution in [1.29, 1.82) is 5.41 Å². The fraction of sp³-hybridized carbons (Fsp3) is 0.417. The number of hydrogen-bond donors (Lipinski definition) is 3. The molecule has 0 saturated heterocycles. The summed E-state index contributed by atoms with van der Waals surface area (Å²) in [6, 6.07) is 5.76. The van der Waals surface area contributed by atoms with Crippen LogP contribution >= 0.6 is 12.2 Å². The number of thiocarbonyl (C=S) groups is 1. The molecule has 1 rings (SSSR count). The Morgan fingerprint density at radius 1 is 1.56 bits per heavy atom. The Morgan fingerprint density at radius 2 is 2.33 bits per heavy atom. The van der Waals surface area contributed by atoms with Crippen LogP contribution in [-0.2, 0) is 6.42 Å². The van der Waals surface area contributed by atoms with Gasteiger partial charge in [0, 0.05) is 31.4 Å². The third kappa shape index (κ3) is 4.67. The van der Waals surface area contributed by atoms with Crippen molar-refractivity contribution in [3.8, 4) is 0 Å². The standard InChI is InChI=1S/C12H19N5S/c1-2-7-16-12(18)17(11(13)14)9-6-10-5-3-4-8-15-10/h3-5,8H,2,6-7,9H2,1H3,(H3,13,14)(H,16,18). The van der Waals surface area contributed by atoms with E-state index in [2.05, 4.69) is 17.2 Å². The lowest BCUT2D eigenvalue weighted by atomic mass is 10.2. The summed E-state index contributed by atoms with van der Waals surface area (Å²) < 4.78 is 0. The lowest BCUT2D eigenvalue weighted by Gasteiger charge is -2.23. The van der Waals surface area contributed by atoms with E-state index in [-0.39, 0.29) is 5.96 Å². The van der Waals surface area contributed by atoms with Crippen LogP contribution in [0.3, 0.4) is 0 Å². The number of nitrogens with one attached hydrogen (secondary N) is 2. The van der Waals surface area contributed by atoms with Crippen molar-refractivity contribution in [2.24, 2.45) is 5.73 Å². The molecular formula is C12H19N5S. The minimum absolute atomic E-state index is 0.0421. The Labute approximate surface area is 113 Å². The van der Waals surface area contributed by atoms with Gasteiger partial charge in [-0.15, -0.1) is 0 Å². The van der Waals surface area contributed by atoms with Crippen LogP contribution in [0.1, 0.15) is 19.0 Å². The molecule has 0 atom stereocenters. The van der Waals surface area contributed by atoms with E-state index in [1.807, 2.05) is 18.2 Å². The Kier molecular flexibility index (Phi) is 6.07. The number of rotatable bonds is 5. The molecule has 1 aromatic rings. The molecule has 6 heteroatoms. The summed E-state index contributed by atoms with van der Waals surface area (Å²) in [5.41, 5.74) is 6.50. The number of nitrogens with two attached hydrogens (primary N) is 1. The van der Waals surface area contributed by atoms with Crippen molar-refractivity contribution < 1.29 is 0 Å². The number of hydrogen-bond acceptors (Lipinski definition) is 3. The first-order valence-electron chi connectivity index (χ1n) is 5.94. The van der Waals surface area contributed by atoms with Crippen LogP contribution in [0.15, 0.2) is 24.4 Å². The Hall–Kier alpha value is -1.69. The minimum atomic E-state index is -0.0421. The molecule has 0 amide bonds. The summed E-state index contributed by atoms with van der Waals surface area (Å²) in [4.78, 5) is 5.81. The average molecular weight is 265 g/mol. The van der Waals surface area contributed by atoms with Crippen LogP contribution in [-0.4, -0.2) is 34.0 Å². The van der Waals surface area contributed by atoms with E-state index in [9.17, 15) is 0 Å². The summed E-state index contributed by atoms with van der Waals surface area (Å²) in [5.74, 6) is -0.0421. The number of pyridine rings is 1. The zero-order valence-electron chi connectivity index (χ0n) is 10.5. The van der Waals surface area contributed by atoms with Gasteiger partial charge in [-0.1, -0.05) is 13.0 Å². The molecule has 5 nitrogen and oxygen atoms in total. The van der Waals surface area contributed by atoms with Crippen molar-refractivity contribution in [3.05, 3.63) is 30.1 Å². The first-order chi connectivity index (χ1) is 8.65. The van der Waals surface area contributed by atoms with E-state index >= 15 is 0 Å². The lowest BCUT2D eigenvalue weighted by molar-refractivity contribution is 0.573. The van der Waals surface area contributed by atoms with Gasteiger partial charge in [-0.05, 0) is 30.8 Å². The number of aromatic nitrogens is 1. The van der Waals surface area contributed by atoms with Gasteiger partial charge >= 0.3 is 0 Å². The molecule has 1 aromatic heterocycles. The Bertz CT molecular complexity index is 393. The molecule has 0 saturated carbocycles. The molecule has 0 spiro atoms.